The Morgan fingerprint density at radius 3 is 2.60 bits per heavy atom. The zero-order chi connectivity index (χ0) is 18.4. The molecule has 0 fully saturated rings. The van der Waals surface area contributed by atoms with Crippen molar-refractivity contribution in [3.05, 3.63) is 41.0 Å². The molecule has 1 aromatic carbocycles. The first-order chi connectivity index (χ1) is 11.8. The van der Waals surface area contributed by atoms with Crippen LogP contribution in [0.15, 0.2) is 45.9 Å². The topological polar surface area (TPSA) is 83.6 Å². The number of nitrogens with zero attached hydrogens (tertiary/aromatic N) is 2. The Hall–Kier alpha value is -1.84. The summed E-state index contributed by atoms with van der Waals surface area (Å²) in [6, 6.07) is 8.19. The molecule has 2 N–H and O–H groups in total. The number of nitrogens with one attached hydrogen (secondary N) is 2. The molecule has 2 aromatic rings. The number of likely N-dealkylation sites (N-methyl/N-ethyl adjacent to an activating group) is 1. The number of hydrogen-bond acceptors (Lipinski definition) is 6. The molecule has 0 unspecified atom stereocenters. The van der Waals surface area contributed by atoms with E-state index in [9.17, 15) is 8.42 Å². The van der Waals surface area contributed by atoms with Crippen LogP contribution >= 0.6 is 15.9 Å². The van der Waals surface area contributed by atoms with Crippen molar-refractivity contribution >= 4 is 37.5 Å². The predicted octanol–water partition coefficient (Wildman–Crippen LogP) is 2.63. The van der Waals surface area contributed by atoms with Crippen LogP contribution in [0.4, 0.5) is 11.5 Å². The van der Waals surface area contributed by atoms with Gasteiger partial charge in [0.05, 0.1) is 19.0 Å². The quantitative estimate of drug-likeness (QED) is 0.672. The summed E-state index contributed by atoms with van der Waals surface area (Å²) in [6.45, 7) is 1.62. The van der Waals surface area contributed by atoms with Crippen molar-refractivity contribution in [3.63, 3.8) is 0 Å². The molecule has 0 aliphatic carbocycles. The molecule has 7 nitrogen and oxygen atoms in total. The van der Waals surface area contributed by atoms with E-state index >= 15 is 0 Å². The van der Waals surface area contributed by atoms with Crippen molar-refractivity contribution in [2.75, 3.05) is 44.3 Å². The van der Waals surface area contributed by atoms with Gasteiger partial charge in [0.1, 0.15) is 16.5 Å². The molecular weight excluding hydrogens is 408 g/mol. The van der Waals surface area contributed by atoms with E-state index in [4.69, 9.17) is 4.74 Å². The number of pyridine rings is 1. The van der Waals surface area contributed by atoms with Gasteiger partial charge in [-0.05, 0) is 44.4 Å². The molecule has 1 heterocycles. The van der Waals surface area contributed by atoms with Gasteiger partial charge in [0.2, 0.25) is 0 Å². The zero-order valence-electron chi connectivity index (χ0n) is 14.3. The van der Waals surface area contributed by atoms with E-state index in [2.05, 4.69) is 35.9 Å². The lowest BCUT2D eigenvalue weighted by Crippen LogP contribution is -2.21. The van der Waals surface area contributed by atoms with Crippen molar-refractivity contribution in [1.82, 2.24) is 9.88 Å². The van der Waals surface area contributed by atoms with Crippen molar-refractivity contribution in [1.29, 1.82) is 0 Å². The summed E-state index contributed by atoms with van der Waals surface area (Å²) in [4.78, 5) is 6.33. The van der Waals surface area contributed by atoms with E-state index in [1.165, 1.54) is 19.4 Å². The standard InChI is InChI=1S/C16H21BrN4O3S/c1-21(2)9-8-18-16-7-5-13(11-19-16)20-25(22,23)15-10-12(17)4-6-14(15)24-3/h4-7,10-11,20H,8-9H2,1-3H3,(H,18,19). The normalized spacial score (nSPS) is 11.4. The minimum Gasteiger partial charge on any atom is -0.495 e. The van der Waals surface area contributed by atoms with Gasteiger partial charge >= 0.3 is 0 Å². The van der Waals surface area contributed by atoms with Gasteiger partial charge < -0.3 is 15.0 Å². The predicted molar refractivity (Wildman–Crippen MR) is 103 cm³/mol. The minimum absolute atomic E-state index is 0.0533. The fourth-order valence-corrected chi connectivity index (χ4v) is 3.79. The largest absolute Gasteiger partial charge is 0.495 e. The summed E-state index contributed by atoms with van der Waals surface area (Å²) in [5, 5.41) is 3.17. The molecule has 0 saturated carbocycles. The molecule has 136 valence electrons. The number of benzene rings is 1. The molecule has 1 aromatic heterocycles. The van der Waals surface area contributed by atoms with Gasteiger partial charge in [-0.1, -0.05) is 15.9 Å². The summed E-state index contributed by atoms with van der Waals surface area (Å²) < 4.78 is 33.5. The molecular formula is C16H21BrN4O3S. The van der Waals surface area contributed by atoms with Crippen LogP contribution in [-0.4, -0.2) is 52.6 Å². The number of ether oxygens (including phenoxy) is 1. The maximum Gasteiger partial charge on any atom is 0.265 e. The van der Waals surface area contributed by atoms with E-state index in [1.807, 2.05) is 14.1 Å². The first-order valence-electron chi connectivity index (χ1n) is 7.53. The van der Waals surface area contributed by atoms with E-state index in [-0.39, 0.29) is 10.6 Å². The van der Waals surface area contributed by atoms with Gasteiger partial charge in [-0.15, -0.1) is 0 Å². The van der Waals surface area contributed by atoms with Crippen LogP contribution in [0.3, 0.4) is 0 Å². The highest BCUT2D eigenvalue weighted by Gasteiger charge is 2.20. The number of anilines is 2. The fourth-order valence-electron chi connectivity index (χ4n) is 2.04. The molecule has 9 heteroatoms. The van der Waals surface area contributed by atoms with E-state index in [0.29, 0.717) is 16.0 Å². The third-order valence-electron chi connectivity index (χ3n) is 3.30. The van der Waals surface area contributed by atoms with Crippen molar-refractivity contribution in [2.24, 2.45) is 0 Å². The second kappa shape index (κ2) is 8.50. The Balaban J connectivity index is 2.12. The minimum atomic E-state index is -3.79. The maximum absolute atomic E-state index is 12.6. The number of halogens is 1. The van der Waals surface area contributed by atoms with Crippen LogP contribution in [-0.2, 0) is 10.0 Å². The molecule has 0 radical (unpaired) electrons. The number of sulfonamides is 1. The summed E-state index contributed by atoms with van der Waals surface area (Å²) in [7, 11) is 1.62. The molecule has 0 bridgehead atoms. The van der Waals surface area contributed by atoms with Crippen LogP contribution in [0.25, 0.3) is 0 Å². The van der Waals surface area contributed by atoms with Gasteiger partial charge in [0.15, 0.2) is 0 Å². The Bertz CT molecular complexity index is 811. The van der Waals surface area contributed by atoms with E-state index in [0.717, 1.165) is 13.1 Å². The molecule has 2 rings (SSSR count). The fraction of sp³-hybridized carbons (Fsp3) is 0.312. The Kier molecular flexibility index (Phi) is 6.63. The number of aromatic nitrogens is 1. The average Bonchev–Trinajstić information content (AvgIpc) is 2.56. The highest BCUT2D eigenvalue weighted by atomic mass is 79.9. The number of hydrogen-bond donors (Lipinski definition) is 2. The lowest BCUT2D eigenvalue weighted by atomic mass is 10.3. The molecule has 0 aliphatic rings. The number of rotatable bonds is 8. The van der Waals surface area contributed by atoms with Crippen LogP contribution in [0.2, 0.25) is 0 Å². The number of methoxy groups -OCH3 is 1. The van der Waals surface area contributed by atoms with Gasteiger partial charge in [-0.3, -0.25) is 4.72 Å². The van der Waals surface area contributed by atoms with Crippen molar-refractivity contribution < 1.29 is 13.2 Å². The first kappa shape index (κ1) is 19.5. The van der Waals surface area contributed by atoms with Crippen LogP contribution in [0.5, 0.6) is 5.75 Å². The van der Waals surface area contributed by atoms with Crippen molar-refractivity contribution in [3.8, 4) is 5.75 Å². The van der Waals surface area contributed by atoms with Gasteiger partial charge in [-0.2, -0.15) is 0 Å². The molecule has 25 heavy (non-hydrogen) atoms. The van der Waals surface area contributed by atoms with Gasteiger partial charge in [0.25, 0.3) is 10.0 Å². The summed E-state index contributed by atoms with van der Waals surface area (Å²) >= 11 is 3.28. The van der Waals surface area contributed by atoms with E-state index < -0.39 is 10.0 Å². The molecule has 0 aliphatic heterocycles. The summed E-state index contributed by atoms with van der Waals surface area (Å²) in [6.07, 6.45) is 1.47. The van der Waals surface area contributed by atoms with E-state index in [1.54, 1.807) is 24.3 Å². The summed E-state index contributed by atoms with van der Waals surface area (Å²) in [5.74, 6) is 0.954. The Morgan fingerprint density at radius 1 is 1.24 bits per heavy atom. The lowest BCUT2D eigenvalue weighted by molar-refractivity contribution is 0.403. The third kappa shape index (κ3) is 5.58. The SMILES string of the molecule is COc1ccc(Br)cc1S(=O)(=O)Nc1ccc(NCCN(C)C)nc1. The third-order valence-corrected chi connectivity index (χ3v) is 5.19. The van der Waals surface area contributed by atoms with Gasteiger partial charge in [-0.25, -0.2) is 13.4 Å². The maximum atomic E-state index is 12.6. The molecule has 0 saturated heterocycles. The van der Waals surface area contributed by atoms with Crippen LogP contribution in [0.1, 0.15) is 0 Å². The van der Waals surface area contributed by atoms with Crippen molar-refractivity contribution in [2.45, 2.75) is 4.90 Å². The van der Waals surface area contributed by atoms with Gasteiger partial charge in [0, 0.05) is 17.6 Å². The lowest BCUT2D eigenvalue weighted by Gasteiger charge is -2.13. The van der Waals surface area contributed by atoms with Crippen LogP contribution in [0, 0.1) is 0 Å². The second-order valence-electron chi connectivity index (χ2n) is 5.56. The zero-order valence-corrected chi connectivity index (χ0v) is 16.7. The smallest absolute Gasteiger partial charge is 0.265 e. The van der Waals surface area contributed by atoms with Crippen LogP contribution < -0.4 is 14.8 Å². The molecule has 0 spiro atoms. The summed E-state index contributed by atoms with van der Waals surface area (Å²) in [5.41, 5.74) is 0.375. The second-order valence-corrected chi connectivity index (χ2v) is 8.13. The average molecular weight is 429 g/mol. The first-order valence-corrected chi connectivity index (χ1v) is 9.80. The Labute approximate surface area is 156 Å². The molecule has 0 atom stereocenters. The monoisotopic (exact) mass is 428 g/mol. The molecule has 0 amide bonds. The highest BCUT2D eigenvalue weighted by molar-refractivity contribution is 9.10. The highest BCUT2D eigenvalue weighted by Crippen LogP contribution is 2.28. The Morgan fingerprint density at radius 2 is 2.00 bits per heavy atom.